The van der Waals surface area contributed by atoms with E-state index in [4.69, 9.17) is 0 Å². The Morgan fingerprint density at radius 3 is 0.704 bits per heavy atom. The molecule has 0 unspecified atom stereocenters. The molecule has 27 heavy (non-hydrogen) atoms. The maximum atomic E-state index is 12.5. The van der Waals surface area contributed by atoms with Gasteiger partial charge in [0.25, 0.3) is 0 Å². The summed E-state index contributed by atoms with van der Waals surface area (Å²) in [5, 5.41) is 0. The van der Waals surface area contributed by atoms with Crippen molar-refractivity contribution < 1.29 is 64.8 Å². The Kier molecular flexibility index (Phi) is 5.88. The minimum Gasteiger partial charge on any atom is -0.203 e. The second-order valence-electron chi connectivity index (χ2n) is 4.63. The molecular weight excluding hydrogens is 477 g/mol. The molecule has 1 aliphatic rings. The molecule has 21 heteroatoms. The van der Waals surface area contributed by atoms with Gasteiger partial charge >= 0.3 is 46.6 Å². The Bertz CT molecular complexity index is 762. The fourth-order valence-corrected chi connectivity index (χ4v) is 4.40. The van der Waals surface area contributed by atoms with Gasteiger partial charge in [0.1, 0.15) is 0 Å². The molecule has 1 aliphatic heterocycles. The van der Waals surface area contributed by atoms with Crippen molar-refractivity contribution in [3.05, 3.63) is 0 Å². The Labute approximate surface area is 145 Å². The number of hydrogen-bond acceptors (Lipinski definition) is 6. The van der Waals surface area contributed by atoms with Crippen molar-refractivity contribution in [2.75, 3.05) is 20.0 Å². The molecule has 1 rings (SSSR count). The number of nitrogens with zero attached hydrogens (tertiary/aromatic N) is 3. The van der Waals surface area contributed by atoms with Crippen molar-refractivity contribution in [3.63, 3.8) is 0 Å². The van der Waals surface area contributed by atoms with Crippen LogP contribution in [0.15, 0.2) is 0 Å². The maximum absolute atomic E-state index is 12.5. The van der Waals surface area contributed by atoms with Gasteiger partial charge in [-0.15, -0.1) is 0 Å². The zero-order valence-corrected chi connectivity index (χ0v) is 14.5. The van der Waals surface area contributed by atoms with Crippen LogP contribution < -0.4 is 0 Å². The molecule has 0 aromatic rings. The van der Waals surface area contributed by atoms with E-state index in [1.807, 2.05) is 0 Å². The van der Waals surface area contributed by atoms with Crippen molar-refractivity contribution in [1.82, 2.24) is 12.9 Å². The molecular formula is C6H6F9N3O6S3. The third kappa shape index (κ3) is 4.26. The Hall–Kier alpha value is -0.900. The van der Waals surface area contributed by atoms with Crippen LogP contribution in [0.5, 0.6) is 0 Å². The first kappa shape index (κ1) is 24.1. The normalized spacial score (nSPS) is 20.8. The van der Waals surface area contributed by atoms with Gasteiger partial charge < -0.3 is 0 Å². The zero-order valence-electron chi connectivity index (χ0n) is 12.0. The summed E-state index contributed by atoms with van der Waals surface area (Å²) < 4.78 is 177. The van der Waals surface area contributed by atoms with Crippen molar-refractivity contribution in [2.24, 2.45) is 0 Å². The fourth-order valence-electron chi connectivity index (χ4n) is 1.56. The van der Waals surface area contributed by atoms with Crippen molar-refractivity contribution in [2.45, 2.75) is 16.5 Å². The minimum absolute atomic E-state index is 1.21. The summed E-state index contributed by atoms with van der Waals surface area (Å²) in [6, 6.07) is 0. The molecule has 0 aliphatic carbocycles. The average molecular weight is 483 g/mol. The summed E-state index contributed by atoms with van der Waals surface area (Å²) in [7, 11) is -20.1. The summed E-state index contributed by atoms with van der Waals surface area (Å²) in [5.41, 5.74) is -18.8. The van der Waals surface area contributed by atoms with E-state index < -0.39 is 79.5 Å². The first-order valence-electron chi connectivity index (χ1n) is 5.76. The lowest BCUT2D eigenvalue weighted by molar-refractivity contribution is -0.0631. The quantitative estimate of drug-likeness (QED) is 0.535. The van der Waals surface area contributed by atoms with Crippen molar-refractivity contribution in [3.8, 4) is 0 Å². The van der Waals surface area contributed by atoms with Crippen LogP contribution in [-0.4, -0.2) is 74.7 Å². The summed E-state index contributed by atoms with van der Waals surface area (Å²) in [4.78, 5) is 0. The molecule has 0 bridgehead atoms. The molecule has 9 nitrogen and oxygen atoms in total. The number of halogens is 9. The summed E-state index contributed by atoms with van der Waals surface area (Å²) in [6.07, 6.45) is 0. The molecule has 0 aromatic heterocycles. The van der Waals surface area contributed by atoms with Crippen molar-refractivity contribution in [1.29, 1.82) is 0 Å². The lowest BCUT2D eigenvalue weighted by Gasteiger charge is -2.39. The third-order valence-electron chi connectivity index (χ3n) is 2.84. The van der Waals surface area contributed by atoms with E-state index in [1.165, 1.54) is 0 Å². The summed E-state index contributed by atoms with van der Waals surface area (Å²) >= 11 is 0. The van der Waals surface area contributed by atoms with Crippen LogP contribution in [0.4, 0.5) is 39.5 Å². The monoisotopic (exact) mass is 483 g/mol. The van der Waals surface area contributed by atoms with Crippen LogP contribution in [-0.2, 0) is 30.1 Å². The predicted molar refractivity (Wildman–Crippen MR) is 65.0 cm³/mol. The second-order valence-corrected chi connectivity index (χ2v) is 10.4. The van der Waals surface area contributed by atoms with Gasteiger partial charge in [-0.25, -0.2) is 25.3 Å². The van der Waals surface area contributed by atoms with Gasteiger partial charge in [-0.2, -0.15) is 52.4 Å². The molecule has 0 aromatic carbocycles. The maximum Gasteiger partial charge on any atom is 0.511 e. The largest absolute Gasteiger partial charge is 0.511 e. The van der Waals surface area contributed by atoms with E-state index in [9.17, 15) is 64.8 Å². The number of hydrogen-bond donors (Lipinski definition) is 0. The number of sulfonamides is 3. The van der Waals surface area contributed by atoms with Gasteiger partial charge in [0.15, 0.2) is 0 Å². The first-order valence-corrected chi connectivity index (χ1v) is 10.1. The Balaban J connectivity index is 3.56. The standard InChI is InChI=1S/C6H6F9N3O6S3/c7-4(8,9)25(19,20)16-1-17(26(21,22)5(10,11)12)3-18(2-16)27(23,24)6(13,14)15/h1-3H2. The highest BCUT2D eigenvalue weighted by Crippen LogP contribution is 2.35. The van der Waals surface area contributed by atoms with Gasteiger partial charge in [0.05, 0.1) is 20.0 Å². The molecule has 0 saturated carbocycles. The molecule has 0 radical (unpaired) electrons. The zero-order chi connectivity index (χ0) is 21.9. The van der Waals surface area contributed by atoms with E-state index >= 15 is 0 Å². The van der Waals surface area contributed by atoms with Crippen LogP contribution in [0.2, 0.25) is 0 Å². The van der Waals surface area contributed by atoms with Gasteiger partial charge in [0, 0.05) is 0 Å². The highest BCUT2D eigenvalue weighted by Gasteiger charge is 2.60. The third-order valence-corrected chi connectivity index (χ3v) is 7.33. The molecule has 1 heterocycles. The van der Waals surface area contributed by atoms with Crippen molar-refractivity contribution >= 4 is 30.1 Å². The topological polar surface area (TPSA) is 112 Å². The van der Waals surface area contributed by atoms with Gasteiger partial charge in [-0.3, -0.25) is 0 Å². The first-order chi connectivity index (χ1) is 11.6. The number of alkyl halides is 9. The van der Waals surface area contributed by atoms with Crippen LogP contribution in [0.1, 0.15) is 0 Å². The molecule has 0 N–H and O–H groups in total. The Morgan fingerprint density at radius 2 is 0.593 bits per heavy atom. The summed E-state index contributed by atoms with van der Waals surface area (Å²) in [5.74, 6) is 0. The molecule has 0 amide bonds. The summed E-state index contributed by atoms with van der Waals surface area (Å²) in [6.45, 7) is -6.69. The lowest BCUT2D eigenvalue weighted by Crippen LogP contribution is -2.63. The highest BCUT2D eigenvalue weighted by atomic mass is 32.2. The molecule has 1 saturated heterocycles. The molecule has 162 valence electrons. The molecule has 0 atom stereocenters. The Morgan fingerprint density at radius 1 is 0.444 bits per heavy atom. The number of rotatable bonds is 3. The van der Waals surface area contributed by atoms with Gasteiger partial charge in [0.2, 0.25) is 0 Å². The smallest absolute Gasteiger partial charge is 0.203 e. The highest BCUT2D eigenvalue weighted by molar-refractivity contribution is 7.91. The minimum atomic E-state index is -6.69. The lowest BCUT2D eigenvalue weighted by atomic mass is 10.8. The van der Waals surface area contributed by atoms with Gasteiger partial charge in [-0.05, 0) is 0 Å². The van der Waals surface area contributed by atoms with E-state index in [-0.39, 0.29) is 0 Å². The molecule has 1 fully saturated rings. The van der Waals surface area contributed by atoms with E-state index in [0.29, 0.717) is 0 Å². The fraction of sp³-hybridized carbons (Fsp3) is 1.00. The van der Waals surface area contributed by atoms with E-state index in [2.05, 4.69) is 0 Å². The van der Waals surface area contributed by atoms with Crippen LogP contribution in [0.25, 0.3) is 0 Å². The van der Waals surface area contributed by atoms with Crippen LogP contribution in [0, 0.1) is 0 Å². The SMILES string of the molecule is O=S(=O)(N1CN(S(=O)(=O)C(F)(F)F)CN(S(=O)(=O)C(F)(F)F)C1)C(F)(F)F. The van der Waals surface area contributed by atoms with E-state index in [1.54, 1.807) is 0 Å². The average Bonchev–Trinajstić information content (AvgIpc) is 2.43. The van der Waals surface area contributed by atoms with Crippen LogP contribution in [0.3, 0.4) is 0 Å². The van der Waals surface area contributed by atoms with Gasteiger partial charge in [-0.1, -0.05) is 0 Å². The molecule has 0 spiro atoms. The van der Waals surface area contributed by atoms with Crippen LogP contribution >= 0.6 is 0 Å². The van der Waals surface area contributed by atoms with E-state index in [0.717, 1.165) is 0 Å². The predicted octanol–water partition coefficient (Wildman–Crippen LogP) is 0.327. The second kappa shape index (κ2) is 6.57.